The summed E-state index contributed by atoms with van der Waals surface area (Å²) < 4.78 is 1.61. The van der Waals surface area contributed by atoms with E-state index >= 15 is 0 Å². The van der Waals surface area contributed by atoms with Crippen LogP contribution in [0.1, 0.15) is 16.7 Å². The molecule has 35 heavy (non-hydrogen) atoms. The van der Waals surface area contributed by atoms with Gasteiger partial charge in [-0.15, -0.1) is 0 Å². The van der Waals surface area contributed by atoms with E-state index in [1.54, 1.807) is 16.9 Å². The molecule has 0 aliphatic heterocycles. The van der Waals surface area contributed by atoms with Crippen LogP contribution in [0.3, 0.4) is 0 Å². The molecule has 0 saturated carbocycles. The summed E-state index contributed by atoms with van der Waals surface area (Å²) in [5, 5.41) is 14.1. The fourth-order valence-electron chi connectivity index (χ4n) is 4.39. The molecule has 0 aliphatic rings. The predicted molar refractivity (Wildman–Crippen MR) is 136 cm³/mol. The highest BCUT2D eigenvalue weighted by Crippen LogP contribution is 2.38. The second-order valence-corrected chi connectivity index (χ2v) is 9.02. The van der Waals surface area contributed by atoms with Crippen LogP contribution in [-0.4, -0.2) is 30.0 Å². The van der Waals surface area contributed by atoms with E-state index in [0.29, 0.717) is 21.5 Å². The van der Waals surface area contributed by atoms with Crippen LogP contribution < -0.4 is 5.73 Å². The van der Waals surface area contributed by atoms with Crippen molar-refractivity contribution in [2.24, 2.45) is 5.73 Å². The van der Waals surface area contributed by atoms with Gasteiger partial charge in [-0.3, -0.25) is 4.98 Å². The van der Waals surface area contributed by atoms with Crippen LogP contribution in [0.15, 0.2) is 91.3 Å². The van der Waals surface area contributed by atoms with Crippen molar-refractivity contribution in [3.8, 4) is 11.3 Å². The molecule has 0 radical (unpaired) electrons. The van der Waals surface area contributed by atoms with Crippen LogP contribution >= 0.6 is 23.2 Å². The summed E-state index contributed by atoms with van der Waals surface area (Å²) in [5.41, 5.74) is 11.1. The molecule has 0 aliphatic carbocycles. The van der Waals surface area contributed by atoms with Gasteiger partial charge in [-0.05, 0) is 69.6 Å². The van der Waals surface area contributed by atoms with Crippen molar-refractivity contribution in [3.63, 3.8) is 0 Å². The Morgan fingerprint density at radius 3 is 2.40 bits per heavy atom. The zero-order valence-corrected chi connectivity index (χ0v) is 19.7. The molecular weight excluding hydrogens is 481 g/mol. The van der Waals surface area contributed by atoms with Crippen LogP contribution in [0.25, 0.3) is 27.9 Å². The number of aromatic nitrogens is 6. The van der Waals surface area contributed by atoms with E-state index in [2.05, 4.69) is 20.5 Å². The van der Waals surface area contributed by atoms with Gasteiger partial charge in [0.2, 0.25) is 0 Å². The molecular formula is C26H17Cl2N7. The van der Waals surface area contributed by atoms with Crippen molar-refractivity contribution in [2.75, 3.05) is 0 Å². The first-order valence-corrected chi connectivity index (χ1v) is 11.5. The molecule has 0 fully saturated rings. The Balaban J connectivity index is 1.67. The second kappa shape index (κ2) is 8.39. The molecule has 3 aromatic heterocycles. The van der Waals surface area contributed by atoms with Crippen molar-refractivity contribution in [2.45, 2.75) is 5.54 Å². The Hall–Kier alpha value is -3.91. The molecule has 9 heteroatoms. The molecule has 3 aromatic carbocycles. The zero-order valence-electron chi connectivity index (χ0n) is 18.2. The molecule has 2 N–H and O–H groups in total. The van der Waals surface area contributed by atoms with E-state index in [9.17, 15) is 0 Å². The molecule has 170 valence electrons. The topological polar surface area (TPSA) is 94.9 Å². The standard InChI is InChI=1S/C26H17Cl2N7/c27-20-9-6-17(7-10-20)26(29,19-4-2-12-30-15-19)18-8-11-23-22(14-18)24(16-3-1-5-21(28)13-16)31-25-32-33-34-35(23)25/h1-15H,29H2. The Morgan fingerprint density at radius 2 is 1.63 bits per heavy atom. The lowest BCUT2D eigenvalue weighted by Gasteiger charge is -2.31. The number of benzene rings is 3. The summed E-state index contributed by atoms with van der Waals surface area (Å²) in [5.74, 6) is 0.393. The lowest BCUT2D eigenvalue weighted by atomic mass is 9.78. The number of nitrogens with two attached hydrogens (primary N) is 1. The minimum absolute atomic E-state index is 0.393. The van der Waals surface area contributed by atoms with Gasteiger partial charge >= 0.3 is 0 Å². The van der Waals surface area contributed by atoms with Gasteiger partial charge in [0.1, 0.15) is 0 Å². The average molecular weight is 498 g/mol. The fraction of sp³-hybridized carbons (Fsp3) is 0.0385. The maximum Gasteiger partial charge on any atom is 0.274 e. The Morgan fingerprint density at radius 1 is 0.800 bits per heavy atom. The van der Waals surface area contributed by atoms with Crippen LogP contribution in [0.5, 0.6) is 0 Å². The summed E-state index contributed by atoms with van der Waals surface area (Å²) in [7, 11) is 0. The van der Waals surface area contributed by atoms with E-state index in [4.69, 9.17) is 33.9 Å². The van der Waals surface area contributed by atoms with Gasteiger partial charge in [-0.2, -0.15) is 4.52 Å². The van der Waals surface area contributed by atoms with E-state index in [1.807, 2.05) is 78.9 Å². The monoisotopic (exact) mass is 497 g/mol. The third-order valence-electron chi connectivity index (χ3n) is 6.11. The van der Waals surface area contributed by atoms with Crippen molar-refractivity contribution in [1.82, 2.24) is 30.0 Å². The number of nitrogens with zero attached hydrogens (tertiary/aromatic N) is 6. The van der Waals surface area contributed by atoms with Gasteiger partial charge in [0.05, 0.1) is 16.7 Å². The average Bonchev–Trinajstić information content (AvgIpc) is 3.37. The van der Waals surface area contributed by atoms with E-state index in [1.165, 1.54) is 0 Å². The summed E-state index contributed by atoms with van der Waals surface area (Å²) in [4.78, 5) is 9.08. The molecule has 0 spiro atoms. The number of pyridine rings is 1. The molecule has 0 amide bonds. The third kappa shape index (κ3) is 3.61. The van der Waals surface area contributed by atoms with Crippen LogP contribution in [0.4, 0.5) is 0 Å². The molecule has 6 rings (SSSR count). The highest BCUT2D eigenvalue weighted by atomic mass is 35.5. The minimum Gasteiger partial charge on any atom is -0.314 e. The molecule has 6 aromatic rings. The highest BCUT2D eigenvalue weighted by molar-refractivity contribution is 6.31. The summed E-state index contributed by atoms with van der Waals surface area (Å²) in [6, 6.07) is 24.9. The highest BCUT2D eigenvalue weighted by Gasteiger charge is 2.33. The number of rotatable bonds is 4. The molecule has 0 saturated heterocycles. The molecule has 1 unspecified atom stereocenters. The number of hydrogen-bond donors (Lipinski definition) is 1. The van der Waals surface area contributed by atoms with E-state index < -0.39 is 5.54 Å². The third-order valence-corrected chi connectivity index (χ3v) is 6.60. The SMILES string of the molecule is NC(c1ccc(Cl)cc1)(c1cccnc1)c1ccc2c(c1)c(-c1cccc(Cl)c1)nc1nnnn12. The summed E-state index contributed by atoms with van der Waals surface area (Å²) in [6.07, 6.45) is 3.50. The number of halogens is 2. The fourth-order valence-corrected chi connectivity index (χ4v) is 4.70. The van der Waals surface area contributed by atoms with Crippen LogP contribution in [0, 0.1) is 0 Å². The van der Waals surface area contributed by atoms with Gasteiger partial charge in [0.25, 0.3) is 5.78 Å². The maximum atomic E-state index is 7.24. The van der Waals surface area contributed by atoms with Crippen LogP contribution in [-0.2, 0) is 5.54 Å². The Labute approximate surface area is 210 Å². The number of hydrogen-bond acceptors (Lipinski definition) is 6. The smallest absolute Gasteiger partial charge is 0.274 e. The van der Waals surface area contributed by atoms with Gasteiger partial charge in [-0.1, -0.05) is 64.7 Å². The first-order valence-electron chi connectivity index (χ1n) is 10.8. The van der Waals surface area contributed by atoms with Crippen molar-refractivity contribution in [1.29, 1.82) is 0 Å². The van der Waals surface area contributed by atoms with Gasteiger partial charge in [0.15, 0.2) is 0 Å². The van der Waals surface area contributed by atoms with Gasteiger partial charge in [-0.25, -0.2) is 4.98 Å². The zero-order chi connectivity index (χ0) is 24.0. The Kier molecular flexibility index (Phi) is 5.18. The minimum atomic E-state index is -1.01. The first kappa shape index (κ1) is 21.6. The second-order valence-electron chi connectivity index (χ2n) is 8.15. The lowest BCUT2D eigenvalue weighted by molar-refractivity contribution is 0.650. The predicted octanol–water partition coefficient (Wildman–Crippen LogP) is 5.29. The van der Waals surface area contributed by atoms with Crippen molar-refractivity contribution in [3.05, 3.63) is 118 Å². The number of fused-ring (bicyclic) bond motifs is 3. The number of tetrazole rings is 1. The van der Waals surface area contributed by atoms with Crippen LogP contribution in [0.2, 0.25) is 10.0 Å². The molecule has 3 heterocycles. The van der Waals surface area contributed by atoms with Crippen molar-refractivity contribution >= 4 is 39.9 Å². The molecule has 7 nitrogen and oxygen atoms in total. The molecule has 1 atom stereocenters. The van der Waals surface area contributed by atoms with E-state index in [0.717, 1.165) is 33.2 Å². The van der Waals surface area contributed by atoms with Gasteiger partial charge < -0.3 is 5.73 Å². The molecule has 0 bridgehead atoms. The maximum absolute atomic E-state index is 7.24. The lowest BCUT2D eigenvalue weighted by Crippen LogP contribution is -2.39. The first-order chi connectivity index (χ1) is 17.0. The largest absolute Gasteiger partial charge is 0.314 e. The quantitative estimate of drug-likeness (QED) is 0.355. The normalized spacial score (nSPS) is 13.2. The van der Waals surface area contributed by atoms with Crippen molar-refractivity contribution < 1.29 is 0 Å². The Bertz CT molecular complexity index is 1680. The summed E-state index contributed by atoms with van der Waals surface area (Å²) >= 11 is 12.5. The van der Waals surface area contributed by atoms with Gasteiger partial charge in [0, 0.05) is 33.4 Å². The summed E-state index contributed by atoms with van der Waals surface area (Å²) in [6.45, 7) is 0. The van der Waals surface area contributed by atoms with E-state index in [-0.39, 0.29) is 0 Å².